The van der Waals surface area contributed by atoms with Crippen molar-refractivity contribution in [3.8, 4) is 11.1 Å². The fourth-order valence-electron chi connectivity index (χ4n) is 3.15. The van der Waals surface area contributed by atoms with Gasteiger partial charge in [0.05, 0.1) is 0 Å². The topological polar surface area (TPSA) is 72.0 Å². The Morgan fingerprint density at radius 2 is 1.85 bits per heavy atom. The van der Waals surface area contributed by atoms with E-state index in [9.17, 15) is 31.5 Å². The summed E-state index contributed by atoms with van der Waals surface area (Å²) in [7, 11) is 0. The molecule has 0 radical (unpaired) electrons. The van der Waals surface area contributed by atoms with Crippen LogP contribution in [0.3, 0.4) is 0 Å². The summed E-state index contributed by atoms with van der Waals surface area (Å²) in [6.45, 7) is 0. The minimum Gasteiger partial charge on any atom is -0.326 e. The van der Waals surface area contributed by atoms with Crippen LogP contribution in [0.2, 0.25) is 0 Å². The van der Waals surface area contributed by atoms with Gasteiger partial charge in [-0.3, -0.25) is 9.59 Å². The van der Waals surface area contributed by atoms with Crippen LogP contribution < -0.4 is 5.32 Å². The highest BCUT2D eigenvalue weighted by Crippen LogP contribution is 2.43. The van der Waals surface area contributed by atoms with Crippen LogP contribution in [-0.2, 0) is 11.0 Å². The Balaban J connectivity index is 1.59. The maximum Gasteiger partial charge on any atom is 0.451 e. The smallest absolute Gasteiger partial charge is 0.326 e. The van der Waals surface area contributed by atoms with E-state index in [1.54, 1.807) is 0 Å². The van der Waals surface area contributed by atoms with E-state index in [1.807, 2.05) is 0 Å². The Kier molecular flexibility index (Phi) is 3.59. The molecule has 1 amide bonds. The molecule has 1 aromatic carbocycles. The summed E-state index contributed by atoms with van der Waals surface area (Å²) in [5, 5.41) is 2.45. The van der Waals surface area contributed by atoms with E-state index in [0.29, 0.717) is 5.56 Å². The van der Waals surface area contributed by atoms with E-state index in [4.69, 9.17) is 0 Å². The van der Waals surface area contributed by atoms with Crippen LogP contribution in [0.1, 0.15) is 34.7 Å². The second-order valence-corrected chi connectivity index (χ2v) is 6.49. The lowest BCUT2D eigenvalue weighted by molar-refractivity contribution is -0.145. The second-order valence-electron chi connectivity index (χ2n) is 6.49. The molecule has 5 nitrogen and oxygen atoms in total. The van der Waals surface area contributed by atoms with Gasteiger partial charge in [0, 0.05) is 41.8 Å². The average Bonchev–Trinajstić information content (AvgIpc) is 2.84. The molecule has 0 aliphatic heterocycles. The molecule has 27 heavy (non-hydrogen) atoms. The number of ketones is 1. The number of anilines is 1. The lowest BCUT2D eigenvalue weighted by Crippen LogP contribution is -2.42. The standard InChI is InChI=1S/C17H10F5N3O2/c18-16(19)4-7(5-16)14(27)24-8-1-2-9-10(3-8)13(26)12-11(9)6-23-15(25-12)17(20,21)22/h1-3,6-7H,4-5H2,(H,24,27). The zero-order valence-corrected chi connectivity index (χ0v) is 13.4. The van der Waals surface area contributed by atoms with Crippen molar-refractivity contribution >= 4 is 17.4 Å². The van der Waals surface area contributed by atoms with Crippen molar-refractivity contribution in [2.75, 3.05) is 5.32 Å². The van der Waals surface area contributed by atoms with Crippen molar-refractivity contribution in [3.63, 3.8) is 0 Å². The third kappa shape index (κ3) is 2.94. The number of amides is 1. The molecule has 1 saturated carbocycles. The Morgan fingerprint density at radius 1 is 1.15 bits per heavy atom. The number of halogens is 5. The third-order valence-electron chi connectivity index (χ3n) is 4.54. The van der Waals surface area contributed by atoms with E-state index in [2.05, 4.69) is 15.3 Å². The van der Waals surface area contributed by atoms with Crippen molar-refractivity contribution < 1.29 is 31.5 Å². The van der Waals surface area contributed by atoms with Gasteiger partial charge in [0.2, 0.25) is 23.4 Å². The Labute approximate surface area is 148 Å². The molecule has 1 N–H and O–H groups in total. The number of fused-ring (bicyclic) bond motifs is 3. The highest BCUT2D eigenvalue weighted by molar-refractivity contribution is 6.21. The van der Waals surface area contributed by atoms with Gasteiger partial charge in [0.1, 0.15) is 5.69 Å². The monoisotopic (exact) mass is 383 g/mol. The molecule has 0 unspecified atom stereocenters. The van der Waals surface area contributed by atoms with Gasteiger partial charge in [-0.15, -0.1) is 0 Å². The zero-order chi connectivity index (χ0) is 19.6. The molecule has 2 aliphatic rings. The molecule has 0 saturated heterocycles. The van der Waals surface area contributed by atoms with E-state index < -0.39 is 48.4 Å². The van der Waals surface area contributed by atoms with Gasteiger partial charge < -0.3 is 5.32 Å². The minimum atomic E-state index is -4.78. The normalized spacial score (nSPS) is 17.9. The highest BCUT2D eigenvalue weighted by atomic mass is 19.4. The van der Waals surface area contributed by atoms with Crippen LogP contribution in [0.4, 0.5) is 27.6 Å². The van der Waals surface area contributed by atoms with Gasteiger partial charge in [0.15, 0.2) is 0 Å². The Hall–Kier alpha value is -2.91. The van der Waals surface area contributed by atoms with Crippen LogP contribution >= 0.6 is 0 Å². The molecule has 0 bridgehead atoms. The maximum absolute atomic E-state index is 12.9. The average molecular weight is 383 g/mol. The largest absolute Gasteiger partial charge is 0.451 e. The fraction of sp³-hybridized carbons (Fsp3) is 0.294. The van der Waals surface area contributed by atoms with Gasteiger partial charge in [-0.05, 0) is 17.7 Å². The minimum absolute atomic E-state index is 0.0652. The van der Waals surface area contributed by atoms with Gasteiger partial charge in [-0.25, -0.2) is 18.7 Å². The fourth-order valence-corrected chi connectivity index (χ4v) is 3.15. The SMILES string of the molecule is O=C1c2cc(NC(=O)C3CC(F)(F)C3)ccc2-c2cnc(C(F)(F)F)nc21. The molecule has 4 rings (SSSR count). The van der Waals surface area contributed by atoms with Crippen LogP contribution in [0.5, 0.6) is 0 Å². The van der Waals surface area contributed by atoms with Gasteiger partial charge in [-0.1, -0.05) is 6.07 Å². The van der Waals surface area contributed by atoms with Gasteiger partial charge in [-0.2, -0.15) is 13.2 Å². The summed E-state index contributed by atoms with van der Waals surface area (Å²) in [6, 6.07) is 4.18. The molecule has 1 fully saturated rings. The van der Waals surface area contributed by atoms with E-state index in [0.717, 1.165) is 6.20 Å². The molecule has 10 heteroatoms. The van der Waals surface area contributed by atoms with E-state index in [1.165, 1.54) is 18.2 Å². The summed E-state index contributed by atoms with van der Waals surface area (Å²) < 4.78 is 64.0. The maximum atomic E-state index is 12.9. The summed E-state index contributed by atoms with van der Waals surface area (Å²) in [6.07, 6.45) is -4.93. The van der Waals surface area contributed by atoms with Crippen LogP contribution in [0, 0.1) is 5.92 Å². The predicted octanol–water partition coefficient (Wildman–Crippen LogP) is 3.69. The number of hydrogen-bond donors (Lipinski definition) is 1. The molecule has 0 atom stereocenters. The van der Waals surface area contributed by atoms with Crippen LogP contribution in [0.25, 0.3) is 11.1 Å². The molecule has 1 heterocycles. The first-order valence-electron chi connectivity index (χ1n) is 7.87. The number of aromatic nitrogens is 2. The number of hydrogen-bond acceptors (Lipinski definition) is 4. The molecule has 2 aliphatic carbocycles. The van der Waals surface area contributed by atoms with Crippen molar-refractivity contribution in [1.82, 2.24) is 9.97 Å². The predicted molar refractivity (Wildman–Crippen MR) is 82.2 cm³/mol. The number of alkyl halides is 5. The number of carbonyl (C=O) groups is 2. The van der Waals surface area contributed by atoms with Crippen molar-refractivity contribution in [3.05, 3.63) is 41.5 Å². The number of carbonyl (C=O) groups excluding carboxylic acids is 2. The van der Waals surface area contributed by atoms with E-state index >= 15 is 0 Å². The summed E-state index contributed by atoms with van der Waals surface area (Å²) in [5.41, 5.74) is 0.403. The Bertz CT molecular complexity index is 979. The zero-order valence-electron chi connectivity index (χ0n) is 13.4. The molecule has 140 valence electrons. The second kappa shape index (κ2) is 5.54. The molecular formula is C17H10F5N3O2. The summed E-state index contributed by atoms with van der Waals surface area (Å²) in [4.78, 5) is 31.0. The Morgan fingerprint density at radius 3 is 2.48 bits per heavy atom. The molecule has 0 spiro atoms. The van der Waals surface area contributed by atoms with Gasteiger partial charge in [0.25, 0.3) is 0 Å². The molecular weight excluding hydrogens is 373 g/mol. The number of benzene rings is 1. The molecule has 1 aromatic heterocycles. The first-order valence-corrected chi connectivity index (χ1v) is 7.87. The summed E-state index contributed by atoms with van der Waals surface area (Å²) in [5.74, 6) is -6.39. The van der Waals surface area contributed by atoms with Crippen molar-refractivity contribution in [1.29, 1.82) is 0 Å². The number of nitrogens with zero attached hydrogens (tertiary/aromatic N) is 2. The van der Waals surface area contributed by atoms with Crippen LogP contribution in [-0.4, -0.2) is 27.6 Å². The van der Waals surface area contributed by atoms with Crippen molar-refractivity contribution in [2.24, 2.45) is 5.92 Å². The van der Waals surface area contributed by atoms with Gasteiger partial charge >= 0.3 is 6.18 Å². The highest BCUT2D eigenvalue weighted by Gasteiger charge is 2.48. The summed E-state index contributed by atoms with van der Waals surface area (Å²) >= 11 is 0. The van der Waals surface area contributed by atoms with Crippen LogP contribution in [0.15, 0.2) is 24.4 Å². The lowest BCUT2D eigenvalue weighted by Gasteiger charge is -2.33. The van der Waals surface area contributed by atoms with Crippen molar-refractivity contribution in [2.45, 2.75) is 24.9 Å². The first-order chi connectivity index (χ1) is 12.5. The quantitative estimate of drug-likeness (QED) is 0.685. The number of rotatable bonds is 2. The molecule has 2 aromatic rings. The first kappa shape index (κ1) is 17.5. The lowest BCUT2D eigenvalue weighted by atomic mass is 9.80. The number of nitrogens with one attached hydrogen (secondary N) is 1. The third-order valence-corrected chi connectivity index (χ3v) is 4.54. The van der Waals surface area contributed by atoms with E-state index in [-0.39, 0.29) is 22.5 Å².